The average Bonchev–Trinajstić information content (AvgIpc) is 3.31. The molecule has 0 aliphatic carbocycles. The Hall–Kier alpha value is -4.53. The molecule has 9 nitrogen and oxygen atoms in total. The summed E-state index contributed by atoms with van der Waals surface area (Å²) in [5, 5.41) is 11.7. The standard InChI is InChI=1S/C24H22N8O/c25-13-17-11-18(1-2-20(17)26)30-22-19-12-21(31-23(19)29-14-28-22)15-5-9-32(10-6-15)24(33)16-3-7-27-8-4-16/h1-5,7-8,11-14,25H,6,9-10,26H2,(H2,28,29,30,31). The molecule has 9 heteroatoms. The third-order valence-corrected chi connectivity index (χ3v) is 5.70. The van der Waals surface area contributed by atoms with Gasteiger partial charge in [-0.2, -0.15) is 0 Å². The number of rotatable bonds is 5. The van der Waals surface area contributed by atoms with Gasteiger partial charge in [-0.3, -0.25) is 9.78 Å². The number of carbonyl (C=O) groups is 1. The van der Waals surface area contributed by atoms with Crippen molar-refractivity contribution in [2.24, 2.45) is 0 Å². The summed E-state index contributed by atoms with van der Waals surface area (Å²) in [6, 6.07) is 10.9. The monoisotopic (exact) mass is 438 g/mol. The average molecular weight is 438 g/mol. The van der Waals surface area contributed by atoms with Crippen LogP contribution in [-0.4, -0.2) is 50.0 Å². The zero-order valence-electron chi connectivity index (χ0n) is 17.7. The first kappa shape index (κ1) is 20.4. The Balaban J connectivity index is 1.38. The lowest BCUT2D eigenvalue weighted by Crippen LogP contribution is -2.34. The molecule has 5 rings (SSSR count). The van der Waals surface area contributed by atoms with Crippen molar-refractivity contribution in [1.82, 2.24) is 24.8 Å². The summed E-state index contributed by atoms with van der Waals surface area (Å²) in [5.74, 6) is 0.670. The third-order valence-electron chi connectivity index (χ3n) is 5.70. The van der Waals surface area contributed by atoms with E-state index in [9.17, 15) is 4.79 Å². The predicted octanol–water partition coefficient (Wildman–Crippen LogP) is 3.61. The molecule has 4 heterocycles. The summed E-state index contributed by atoms with van der Waals surface area (Å²) in [4.78, 5) is 30.6. The van der Waals surface area contributed by atoms with E-state index in [-0.39, 0.29) is 5.91 Å². The number of carbonyl (C=O) groups excluding carboxylic acids is 1. The number of aromatic nitrogens is 4. The van der Waals surface area contributed by atoms with Crippen molar-refractivity contribution in [2.75, 3.05) is 24.1 Å². The van der Waals surface area contributed by atoms with Gasteiger partial charge in [-0.25, -0.2) is 9.97 Å². The van der Waals surface area contributed by atoms with Crippen LogP contribution in [0.4, 0.5) is 17.2 Å². The van der Waals surface area contributed by atoms with E-state index in [1.165, 1.54) is 12.5 Å². The number of nitrogens with two attached hydrogens (primary N) is 1. The molecule has 1 aromatic carbocycles. The fraction of sp³-hybridized carbons (Fsp3) is 0.125. The van der Waals surface area contributed by atoms with Crippen LogP contribution in [0.1, 0.15) is 28.0 Å². The second-order valence-electron chi connectivity index (χ2n) is 7.75. The van der Waals surface area contributed by atoms with E-state index in [1.807, 2.05) is 23.1 Å². The number of hydrogen-bond donors (Lipinski definition) is 4. The van der Waals surface area contributed by atoms with Gasteiger partial charge < -0.3 is 26.3 Å². The molecular formula is C24H22N8O. The molecule has 0 fully saturated rings. The third kappa shape index (κ3) is 4.03. The lowest BCUT2D eigenvalue weighted by atomic mass is 10.0. The van der Waals surface area contributed by atoms with Crippen molar-refractivity contribution in [1.29, 1.82) is 5.41 Å². The summed E-state index contributed by atoms with van der Waals surface area (Å²) in [5.41, 5.74) is 11.3. The number of fused-ring (bicyclic) bond motifs is 1. The fourth-order valence-corrected chi connectivity index (χ4v) is 3.90. The molecule has 0 bridgehead atoms. The predicted molar refractivity (Wildman–Crippen MR) is 129 cm³/mol. The highest BCUT2D eigenvalue weighted by Gasteiger charge is 2.20. The molecule has 3 aromatic heterocycles. The zero-order valence-corrected chi connectivity index (χ0v) is 17.7. The van der Waals surface area contributed by atoms with Gasteiger partial charge in [0.15, 0.2) is 0 Å². The van der Waals surface area contributed by atoms with E-state index in [0.29, 0.717) is 35.7 Å². The Labute approximate surface area is 189 Å². The number of H-pyrrole nitrogens is 1. The van der Waals surface area contributed by atoms with Crippen molar-refractivity contribution >= 4 is 45.9 Å². The molecule has 0 saturated carbocycles. The van der Waals surface area contributed by atoms with E-state index in [2.05, 4.69) is 31.3 Å². The molecule has 1 aliphatic rings. The maximum Gasteiger partial charge on any atom is 0.254 e. The molecule has 1 aliphatic heterocycles. The van der Waals surface area contributed by atoms with Gasteiger partial charge >= 0.3 is 0 Å². The molecule has 164 valence electrons. The second kappa shape index (κ2) is 8.54. The van der Waals surface area contributed by atoms with Crippen molar-refractivity contribution < 1.29 is 4.79 Å². The lowest BCUT2D eigenvalue weighted by Gasteiger charge is -2.26. The summed E-state index contributed by atoms with van der Waals surface area (Å²) < 4.78 is 0. The van der Waals surface area contributed by atoms with Gasteiger partial charge in [-0.1, -0.05) is 6.08 Å². The molecule has 4 aromatic rings. The molecule has 5 N–H and O–H groups in total. The molecular weight excluding hydrogens is 416 g/mol. The quantitative estimate of drug-likeness (QED) is 0.278. The van der Waals surface area contributed by atoms with E-state index in [1.54, 1.807) is 30.6 Å². The van der Waals surface area contributed by atoms with Crippen LogP contribution in [0.5, 0.6) is 0 Å². The maximum absolute atomic E-state index is 12.7. The van der Waals surface area contributed by atoms with Gasteiger partial charge in [0.05, 0.1) is 5.39 Å². The molecule has 0 radical (unpaired) electrons. The topological polar surface area (TPSA) is 137 Å². The van der Waals surface area contributed by atoms with Crippen molar-refractivity contribution in [3.63, 3.8) is 0 Å². The molecule has 0 saturated heterocycles. The number of nitrogen functional groups attached to an aromatic ring is 1. The van der Waals surface area contributed by atoms with Crippen molar-refractivity contribution in [2.45, 2.75) is 6.42 Å². The number of anilines is 3. The smallest absolute Gasteiger partial charge is 0.254 e. The van der Waals surface area contributed by atoms with Crippen LogP contribution in [0.15, 0.2) is 61.2 Å². The van der Waals surface area contributed by atoms with Gasteiger partial charge in [0.25, 0.3) is 5.91 Å². The second-order valence-corrected chi connectivity index (χ2v) is 7.75. The Morgan fingerprint density at radius 3 is 2.79 bits per heavy atom. The molecule has 0 unspecified atom stereocenters. The van der Waals surface area contributed by atoms with Crippen LogP contribution < -0.4 is 11.1 Å². The van der Waals surface area contributed by atoms with Gasteiger partial charge in [0.1, 0.15) is 17.8 Å². The first-order chi connectivity index (χ1) is 16.1. The van der Waals surface area contributed by atoms with Crippen molar-refractivity contribution in [3.05, 3.63) is 78.0 Å². The molecule has 0 spiro atoms. The summed E-state index contributed by atoms with van der Waals surface area (Å²) >= 11 is 0. The number of nitrogens with one attached hydrogen (secondary N) is 3. The summed E-state index contributed by atoms with van der Waals surface area (Å²) in [6.07, 6.45) is 8.80. The highest BCUT2D eigenvalue weighted by Crippen LogP contribution is 2.30. The Morgan fingerprint density at radius 2 is 2.03 bits per heavy atom. The maximum atomic E-state index is 12.7. The largest absolute Gasteiger partial charge is 0.398 e. The highest BCUT2D eigenvalue weighted by molar-refractivity contribution is 5.95. The van der Waals surface area contributed by atoms with Gasteiger partial charge in [-0.05, 0) is 48.4 Å². The highest BCUT2D eigenvalue weighted by atomic mass is 16.2. The zero-order chi connectivity index (χ0) is 22.8. The minimum absolute atomic E-state index is 0.00879. The first-order valence-electron chi connectivity index (χ1n) is 10.5. The van der Waals surface area contributed by atoms with Gasteiger partial charge in [0.2, 0.25) is 0 Å². The van der Waals surface area contributed by atoms with E-state index in [0.717, 1.165) is 34.4 Å². The minimum Gasteiger partial charge on any atom is -0.398 e. The summed E-state index contributed by atoms with van der Waals surface area (Å²) in [6.45, 7) is 1.18. The number of pyridine rings is 1. The molecule has 1 amide bonds. The number of nitrogens with zero attached hydrogens (tertiary/aromatic N) is 4. The van der Waals surface area contributed by atoms with E-state index in [4.69, 9.17) is 11.1 Å². The number of hydrogen-bond acceptors (Lipinski definition) is 7. The summed E-state index contributed by atoms with van der Waals surface area (Å²) in [7, 11) is 0. The Bertz CT molecular complexity index is 1380. The number of aromatic amines is 1. The number of amides is 1. The van der Waals surface area contributed by atoms with E-state index >= 15 is 0 Å². The van der Waals surface area contributed by atoms with Crippen LogP contribution >= 0.6 is 0 Å². The lowest BCUT2D eigenvalue weighted by molar-refractivity contribution is 0.0772. The Kier molecular flexibility index (Phi) is 5.27. The van der Waals surface area contributed by atoms with Crippen LogP contribution in [0.2, 0.25) is 0 Å². The van der Waals surface area contributed by atoms with Crippen molar-refractivity contribution in [3.8, 4) is 0 Å². The van der Waals surface area contributed by atoms with E-state index < -0.39 is 0 Å². The normalized spacial score (nSPS) is 13.6. The molecule has 33 heavy (non-hydrogen) atoms. The van der Waals surface area contributed by atoms with Gasteiger partial charge in [0, 0.05) is 59.9 Å². The number of benzene rings is 1. The minimum atomic E-state index is 0.00879. The van der Waals surface area contributed by atoms with Crippen LogP contribution in [0.3, 0.4) is 0 Å². The van der Waals surface area contributed by atoms with Crippen LogP contribution in [-0.2, 0) is 0 Å². The fourth-order valence-electron chi connectivity index (χ4n) is 3.90. The first-order valence-corrected chi connectivity index (χ1v) is 10.5. The van der Waals surface area contributed by atoms with Gasteiger partial charge in [-0.15, -0.1) is 0 Å². The SMILES string of the molecule is N=Cc1cc(Nc2ncnc3[nH]c(C4=CCN(C(=O)c5ccncc5)CC4)cc23)ccc1N. The molecule has 0 atom stereocenters. The van der Waals surface area contributed by atoms with Crippen LogP contribution in [0.25, 0.3) is 16.6 Å². The Morgan fingerprint density at radius 1 is 1.18 bits per heavy atom. The van der Waals surface area contributed by atoms with Crippen LogP contribution in [0, 0.1) is 5.41 Å².